The summed E-state index contributed by atoms with van der Waals surface area (Å²) in [5.41, 5.74) is 1.93. The lowest BCUT2D eigenvalue weighted by molar-refractivity contribution is 0.231. The zero-order chi connectivity index (χ0) is 13.4. The van der Waals surface area contributed by atoms with Crippen LogP contribution < -0.4 is 4.74 Å². The maximum atomic E-state index is 14.5. The SMILES string of the molecule is CC(C)c1cccc(-c2cn3c(n2)OCCC3)c1F. The lowest BCUT2D eigenvalue weighted by Gasteiger charge is -2.13. The highest BCUT2D eigenvalue weighted by Gasteiger charge is 2.18. The molecule has 4 heteroatoms. The Kier molecular flexibility index (Phi) is 3.01. The number of benzene rings is 1. The summed E-state index contributed by atoms with van der Waals surface area (Å²) < 4.78 is 21.9. The third kappa shape index (κ3) is 2.11. The highest BCUT2D eigenvalue weighted by Crippen LogP contribution is 2.30. The predicted molar refractivity (Wildman–Crippen MR) is 71.8 cm³/mol. The van der Waals surface area contributed by atoms with Gasteiger partial charge in [0.1, 0.15) is 5.82 Å². The van der Waals surface area contributed by atoms with Crippen molar-refractivity contribution in [1.29, 1.82) is 0 Å². The van der Waals surface area contributed by atoms with E-state index >= 15 is 0 Å². The summed E-state index contributed by atoms with van der Waals surface area (Å²) in [6.07, 6.45) is 2.84. The van der Waals surface area contributed by atoms with E-state index in [4.69, 9.17) is 4.74 Å². The number of aryl methyl sites for hydroxylation is 1. The van der Waals surface area contributed by atoms with Gasteiger partial charge in [-0.1, -0.05) is 26.0 Å². The molecule has 0 N–H and O–H groups in total. The summed E-state index contributed by atoms with van der Waals surface area (Å²) in [7, 11) is 0. The second-order valence-corrected chi connectivity index (χ2v) is 5.17. The molecule has 0 atom stereocenters. The van der Waals surface area contributed by atoms with Crippen molar-refractivity contribution in [3.05, 3.63) is 35.8 Å². The molecular formula is C15H17FN2O. The Hall–Kier alpha value is -1.84. The molecule has 0 unspecified atom stereocenters. The third-order valence-electron chi connectivity index (χ3n) is 3.44. The second kappa shape index (κ2) is 4.68. The Morgan fingerprint density at radius 2 is 2.21 bits per heavy atom. The van der Waals surface area contributed by atoms with Gasteiger partial charge in [0.25, 0.3) is 6.01 Å². The van der Waals surface area contributed by atoms with E-state index in [-0.39, 0.29) is 11.7 Å². The van der Waals surface area contributed by atoms with Gasteiger partial charge in [-0.2, -0.15) is 4.98 Å². The number of imidazole rings is 1. The van der Waals surface area contributed by atoms with E-state index in [1.165, 1.54) is 0 Å². The monoisotopic (exact) mass is 260 g/mol. The van der Waals surface area contributed by atoms with E-state index < -0.39 is 0 Å². The first-order valence-corrected chi connectivity index (χ1v) is 6.65. The number of hydrogen-bond donors (Lipinski definition) is 0. The number of rotatable bonds is 2. The number of ether oxygens (including phenoxy) is 1. The summed E-state index contributed by atoms with van der Waals surface area (Å²) in [6.45, 7) is 5.55. The number of nitrogens with zero attached hydrogens (tertiary/aromatic N) is 2. The fraction of sp³-hybridized carbons (Fsp3) is 0.400. The molecule has 2 aromatic rings. The first-order chi connectivity index (χ1) is 9.16. The van der Waals surface area contributed by atoms with Crippen LogP contribution in [0.4, 0.5) is 4.39 Å². The second-order valence-electron chi connectivity index (χ2n) is 5.17. The van der Waals surface area contributed by atoms with Gasteiger partial charge >= 0.3 is 0 Å². The molecular weight excluding hydrogens is 243 g/mol. The molecule has 3 rings (SSSR count). The number of aromatic nitrogens is 2. The molecule has 1 aromatic heterocycles. The lowest BCUT2D eigenvalue weighted by atomic mass is 9.99. The topological polar surface area (TPSA) is 27.1 Å². The molecule has 100 valence electrons. The minimum Gasteiger partial charge on any atom is -0.465 e. The van der Waals surface area contributed by atoms with Crippen LogP contribution in [0.5, 0.6) is 6.01 Å². The summed E-state index contributed by atoms with van der Waals surface area (Å²) in [5.74, 6) is -0.0126. The van der Waals surface area contributed by atoms with E-state index in [9.17, 15) is 4.39 Å². The molecule has 1 aliphatic heterocycles. The van der Waals surface area contributed by atoms with Crippen LogP contribution in [-0.2, 0) is 6.54 Å². The molecule has 0 saturated heterocycles. The van der Waals surface area contributed by atoms with Gasteiger partial charge in [0.2, 0.25) is 0 Å². The zero-order valence-electron chi connectivity index (χ0n) is 11.2. The molecule has 19 heavy (non-hydrogen) atoms. The van der Waals surface area contributed by atoms with Crippen molar-refractivity contribution in [2.45, 2.75) is 32.7 Å². The molecule has 1 aliphatic rings. The van der Waals surface area contributed by atoms with Crippen molar-refractivity contribution in [2.24, 2.45) is 0 Å². The van der Waals surface area contributed by atoms with Crippen LogP contribution in [0.25, 0.3) is 11.3 Å². The van der Waals surface area contributed by atoms with Crippen molar-refractivity contribution < 1.29 is 9.13 Å². The third-order valence-corrected chi connectivity index (χ3v) is 3.44. The van der Waals surface area contributed by atoms with Crippen LogP contribution in [0.3, 0.4) is 0 Å². The van der Waals surface area contributed by atoms with Crippen molar-refractivity contribution in [3.8, 4) is 17.3 Å². The van der Waals surface area contributed by atoms with Gasteiger partial charge in [0, 0.05) is 18.3 Å². The van der Waals surface area contributed by atoms with Gasteiger partial charge in [-0.25, -0.2) is 4.39 Å². The maximum Gasteiger partial charge on any atom is 0.296 e. The number of fused-ring (bicyclic) bond motifs is 1. The largest absolute Gasteiger partial charge is 0.465 e. The highest BCUT2D eigenvalue weighted by atomic mass is 19.1. The van der Waals surface area contributed by atoms with Crippen molar-refractivity contribution in [3.63, 3.8) is 0 Å². The standard InChI is InChI=1S/C15H17FN2O/c1-10(2)11-5-3-6-12(14(11)16)13-9-18-7-4-8-19-15(18)17-13/h3,5-6,9-10H,4,7-8H2,1-2H3. The van der Waals surface area contributed by atoms with Crippen molar-refractivity contribution >= 4 is 0 Å². The van der Waals surface area contributed by atoms with Gasteiger partial charge in [-0.15, -0.1) is 0 Å². The van der Waals surface area contributed by atoms with E-state index in [2.05, 4.69) is 4.98 Å². The van der Waals surface area contributed by atoms with E-state index in [1.54, 1.807) is 6.07 Å². The van der Waals surface area contributed by atoms with Gasteiger partial charge in [-0.05, 0) is 24.0 Å². The molecule has 0 fully saturated rings. The van der Waals surface area contributed by atoms with Crippen LogP contribution in [-0.4, -0.2) is 16.2 Å². The summed E-state index contributed by atoms with van der Waals surface area (Å²) in [4.78, 5) is 4.38. The fourth-order valence-electron chi connectivity index (χ4n) is 2.40. The molecule has 1 aromatic carbocycles. The molecule has 0 amide bonds. The van der Waals surface area contributed by atoms with Gasteiger partial charge in [-0.3, -0.25) is 0 Å². The van der Waals surface area contributed by atoms with Crippen LogP contribution in [0, 0.1) is 5.82 Å². The maximum absolute atomic E-state index is 14.5. The van der Waals surface area contributed by atoms with Gasteiger partial charge in [0.15, 0.2) is 0 Å². The number of hydrogen-bond acceptors (Lipinski definition) is 2. The first-order valence-electron chi connectivity index (χ1n) is 6.65. The average molecular weight is 260 g/mol. The Morgan fingerprint density at radius 3 is 2.95 bits per heavy atom. The molecule has 0 bridgehead atoms. The molecule has 0 radical (unpaired) electrons. The Bertz CT molecular complexity index is 581. The quantitative estimate of drug-likeness (QED) is 0.825. The van der Waals surface area contributed by atoms with Crippen LogP contribution in [0.15, 0.2) is 24.4 Å². The molecule has 0 saturated carbocycles. The van der Waals surface area contributed by atoms with E-state index in [0.29, 0.717) is 23.9 Å². The normalized spacial score (nSPS) is 14.3. The fourth-order valence-corrected chi connectivity index (χ4v) is 2.40. The molecule has 3 nitrogen and oxygen atoms in total. The highest BCUT2D eigenvalue weighted by molar-refractivity contribution is 5.61. The van der Waals surface area contributed by atoms with Crippen molar-refractivity contribution in [2.75, 3.05) is 6.61 Å². The summed E-state index contributed by atoms with van der Waals surface area (Å²) in [6, 6.07) is 6.08. The van der Waals surface area contributed by atoms with Crippen LogP contribution in [0.1, 0.15) is 31.7 Å². The minimum atomic E-state index is -0.173. The Labute approximate surface area is 112 Å². The lowest BCUT2D eigenvalue weighted by Crippen LogP contribution is -2.13. The first kappa shape index (κ1) is 12.2. The van der Waals surface area contributed by atoms with E-state index in [0.717, 1.165) is 18.5 Å². The molecule has 0 aliphatic carbocycles. The van der Waals surface area contributed by atoms with Gasteiger partial charge < -0.3 is 9.30 Å². The average Bonchev–Trinajstić information content (AvgIpc) is 2.82. The smallest absolute Gasteiger partial charge is 0.296 e. The molecule has 0 spiro atoms. The van der Waals surface area contributed by atoms with E-state index in [1.807, 2.05) is 36.7 Å². The molecule has 2 heterocycles. The predicted octanol–water partition coefficient (Wildman–Crippen LogP) is 3.60. The van der Waals surface area contributed by atoms with Crippen LogP contribution in [0.2, 0.25) is 0 Å². The zero-order valence-corrected chi connectivity index (χ0v) is 11.2. The Morgan fingerprint density at radius 1 is 1.37 bits per heavy atom. The summed E-state index contributed by atoms with van der Waals surface area (Å²) >= 11 is 0. The Balaban J connectivity index is 2.07. The van der Waals surface area contributed by atoms with Gasteiger partial charge in [0.05, 0.1) is 12.3 Å². The number of halogens is 1. The summed E-state index contributed by atoms with van der Waals surface area (Å²) in [5, 5.41) is 0. The van der Waals surface area contributed by atoms with Crippen molar-refractivity contribution in [1.82, 2.24) is 9.55 Å². The van der Waals surface area contributed by atoms with Crippen LogP contribution >= 0.6 is 0 Å². The minimum absolute atomic E-state index is 0.161.